The fourth-order valence-electron chi connectivity index (χ4n) is 1.42. The number of nitrogens with zero attached hydrogens (tertiary/aromatic N) is 2. The van der Waals surface area contributed by atoms with Crippen molar-refractivity contribution in [2.45, 2.75) is 5.92 Å². The Morgan fingerprint density at radius 2 is 2.31 bits per heavy atom. The molecule has 2 heterocycles. The van der Waals surface area contributed by atoms with Crippen LogP contribution in [0.4, 0.5) is 4.39 Å². The first-order valence-corrected chi connectivity index (χ1v) is 4.04. The van der Waals surface area contributed by atoms with Crippen LogP contribution in [0.1, 0.15) is 11.5 Å². The maximum absolute atomic E-state index is 12.7. The highest BCUT2D eigenvalue weighted by molar-refractivity contribution is 5.19. The molecule has 70 valence electrons. The molecule has 1 aromatic heterocycles. The fraction of sp³-hybridized carbons (Fsp3) is 0.375. The molecule has 0 atom stereocenters. The maximum Gasteiger partial charge on any atom is 0.141 e. The van der Waals surface area contributed by atoms with Crippen LogP contribution in [0.2, 0.25) is 0 Å². The summed E-state index contributed by atoms with van der Waals surface area (Å²) < 4.78 is 12.7. The van der Waals surface area contributed by atoms with Crippen molar-refractivity contribution in [1.29, 1.82) is 0 Å². The fourth-order valence-corrected chi connectivity index (χ4v) is 1.42. The molecule has 4 nitrogen and oxygen atoms in total. The Kier molecular flexibility index (Phi) is 2.22. The average molecular weight is 183 g/mol. The first kappa shape index (κ1) is 8.55. The van der Waals surface area contributed by atoms with E-state index < -0.39 is 0 Å². The number of pyridine rings is 1. The second-order valence-electron chi connectivity index (χ2n) is 3.14. The molecule has 1 aliphatic rings. The largest absolute Gasteiger partial charge is 0.302 e. The minimum Gasteiger partial charge on any atom is -0.302 e. The van der Waals surface area contributed by atoms with Gasteiger partial charge in [-0.05, 0) is 11.6 Å². The van der Waals surface area contributed by atoms with Gasteiger partial charge < -0.3 is 5.21 Å². The van der Waals surface area contributed by atoms with E-state index in [0.717, 1.165) is 5.56 Å². The smallest absolute Gasteiger partial charge is 0.141 e. The first-order valence-electron chi connectivity index (χ1n) is 4.04. The third-order valence-electron chi connectivity index (χ3n) is 2.22. The molecule has 0 spiro atoms. The number of hydrogen-bond donors (Lipinski definition) is 2. The number of aromatic nitrogens is 1. The highest BCUT2D eigenvalue weighted by Crippen LogP contribution is 2.24. The molecular weight excluding hydrogens is 173 g/mol. The van der Waals surface area contributed by atoms with Crippen molar-refractivity contribution in [2.24, 2.45) is 0 Å². The monoisotopic (exact) mass is 183 g/mol. The highest BCUT2D eigenvalue weighted by Gasteiger charge is 2.27. The zero-order chi connectivity index (χ0) is 9.26. The second kappa shape index (κ2) is 3.37. The maximum atomic E-state index is 12.7. The van der Waals surface area contributed by atoms with Crippen LogP contribution in [0, 0.1) is 5.82 Å². The summed E-state index contributed by atoms with van der Waals surface area (Å²) in [6.45, 7) is 1.36. The van der Waals surface area contributed by atoms with Gasteiger partial charge in [0.15, 0.2) is 0 Å². The van der Waals surface area contributed by atoms with Crippen LogP contribution in [-0.2, 0) is 0 Å². The quantitative estimate of drug-likeness (QED) is 0.656. The number of halogens is 1. The van der Waals surface area contributed by atoms with Crippen molar-refractivity contribution in [2.75, 3.05) is 13.1 Å². The lowest BCUT2D eigenvalue weighted by Gasteiger charge is -2.37. The molecule has 1 fully saturated rings. The van der Waals surface area contributed by atoms with Crippen molar-refractivity contribution in [3.8, 4) is 0 Å². The first-order chi connectivity index (χ1) is 6.29. The second-order valence-corrected chi connectivity index (χ2v) is 3.14. The number of hydrogen-bond acceptors (Lipinski definition) is 4. The predicted molar refractivity (Wildman–Crippen MR) is 43.4 cm³/mol. The average Bonchev–Trinajstić information content (AvgIpc) is 2.02. The minimum absolute atomic E-state index is 0.267. The van der Waals surface area contributed by atoms with E-state index in [0.29, 0.717) is 13.1 Å². The molecule has 1 aromatic rings. The SMILES string of the molecule is ONN1CC(c2cncc(F)c2)C1. The van der Waals surface area contributed by atoms with Gasteiger partial charge in [0.25, 0.3) is 0 Å². The van der Waals surface area contributed by atoms with Crippen molar-refractivity contribution < 1.29 is 9.60 Å². The van der Waals surface area contributed by atoms with Crippen LogP contribution in [0.15, 0.2) is 18.5 Å². The molecule has 0 radical (unpaired) electrons. The lowest BCUT2D eigenvalue weighted by Crippen LogP contribution is -2.51. The predicted octanol–water partition coefficient (Wildman–Crippen LogP) is 0.514. The lowest BCUT2D eigenvalue weighted by molar-refractivity contribution is -0.0684. The van der Waals surface area contributed by atoms with Gasteiger partial charge in [0, 0.05) is 25.2 Å². The molecule has 0 aromatic carbocycles. The molecule has 1 saturated heterocycles. The van der Waals surface area contributed by atoms with Gasteiger partial charge in [-0.1, -0.05) is 0 Å². The normalized spacial score (nSPS) is 18.6. The van der Waals surface area contributed by atoms with Crippen LogP contribution in [0.3, 0.4) is 0 Å². The molecule has 2 rings (SSSR count). The number of hydrazine groups is 1. The van der Waals surface area contributed by atoms with E-state index >= 15 is 0 Å². The highest BCUT2D eigenvalue weighted by atomic mass is 19.1. The summed E-state index contributed by atoms with van der Waals surface area (Å²) in [6.07, 6.45) is 2.84. The minimum atomic E-state index is -0.312. The summed E-state index contributed by atoms with van der Waals surface area (Å²) >= 11 is 0. The molecule has 0 unspecified atom stereocenters. The molecule has 5 heteroatoms. The summed E-state index contributed by atoms with van der Waals surface area (Å²) in [4.78, 5) is 3.76. The van der Waals surface area contributed by atoms with E-state index in [4.69, 9.17) is 5.21 Å². The Morgan fingerprint density at radius 1 is 1.54 bits per heavy atom. The Hall–Kier alpha value is -1.04. The van der Waals surface area contributed by atoms with E-state index in [1.54, 1.807) is 11.2 Å². The molecule has 0 saturated carbocycles. The van der Waals surface area contributed by atoms with Gasteiger partial charge in [-0.2, -0.15) is 0 Å². The van der Waals surface area contributed by atoms with E-state index in [1.807, 2.05) is 5.59 Å². The van der Waals surface area contributed by atoms with Gasteiger partial charge in [-0.3, -0.25) is 4.98 Å². The summed E-state index contributed by atoms with van der Waals surface area (Å²) in [5, 5.41) is 10.1. The molecule has 0 bridgehead atoms. The summed E-state index contributed by atoms with van der Waals surface area (Å²) in [6, 6.07) is 1.48. The van der Waals surface area contributed by atoms with Crippen LogP contribution in [0.5, 0.6) is 0 Å². The van der Waals surface area contributed by atoms with Crippen molar-refractivity contribution in [3.05, 3.63) is 29.8 Å². The Balaban J connectivity index is 2.03. The van der Waals surface area contributed by atoms with Crippen molar-refractivity contribution in [3.63, 3.8) is 0 Å². The van der Waals surface area contributed by atoms with Gasteiger partial charge in [-0.25, -0.2) is 9.40 Å². The van der Waals surface area contributed by atoms with E-state index in [1.165, 1.54) is 12.3 Å². The van der Waals surface area contributed by atoms with Gasteiger partial charge in [0.05, 0.1) is 6.20 Å². The van der Waals surface area contributed by atoms with Crippen molar-refractivity contribution >= 4 is 0 Å². The lowest BCUT2D eigenvalue weighted by atomic mass is 9.94. The van der Waals surface area contributed by atoms with E-state index in [2.05, 4.69) is 4.98 Å². The molecule has 1 aliphatic heterocycles. The standard InChI is InChI=1S/C8H10FN3O/c9-8-1-6(2-10-3-8)7-4-12(5-7)11-13/h1-3,7,11,13H,4-5H2. The third kappa shape index (κ3) is 1.67. The van der Waals surface area contributed by atoms with Gasteiger partial charge in [-0.15, -0.1) is 5.59 Å². The van der Waals surface area contributed by atoms with Gasteiger partial charge in [0.1, 0.15) is 5.82 Å². The molecular formula is C8H10FN3O. The van der Waals surface area contributed by atoms with Crippen LogP contribution < -0.4 is 5.59 Å². The van der Waals surface area contributed by atoms with Crippen LogP contribution >= 0.6 is 0 Å². The Bertz CT molecular complexity index is 301. The molecule has 0 amide bonds. The van der Waals surface area contributed by atoms with Crippen LogP contribution in [0.25, 0.3) is 0 Å². The third-order valence-corrected chi connectivity index (χ3v) is 2.22. The van der Waals surface area contributed by atoms with Gasteiger partial charge >= 0.3 is 0 Å². The summed E-state index contributed by atoms with van der Waals surface area (Å²) in [5.41, 5.74) is 2.92. The Morgan fingerprint density at radius 3 is 2.92 bits per heavy atom. The zero-order valence-electron chi connectivity index (χ0n) is 6.94. The zero-order valence-corrected chi connectivity index (χ0v) is 6.94. The van der Waals surface area contributed by atoms with Crippen molar-refractivity contribution in [1.82, 2.24) is 15.6 Å². The number of nitrogens with one attached hydrogen (secondary N) is 1. The van der Waals surface area contributed by atoms with E-state index in [9.17, 15) is 4.39 Å². The number of rotatable bonds is 2. The van der Waals surface area contributed by atoms with Gasteiger partial charge in [0.2, 0.25) is 0 Å². The van der Waals surface area contributed by atoms with Crippen LogP contribution in [-0.4, -0.2) is 28.3 Å². The molecule has 0 aliphatic carbocycles. The molecule has 13 heavy (non-hydrogen) atoms. The Labute approximate surface area is 74.9 Å². The van der Waals surface area contributed by atoms with E-state index in [-0.39, 0.29) is 11.7 Å². The summed E-state index contributed by atoms with van der Waals surface area (Å²) in [5.74, 6) is -0.0456. The summed E-state index contributed by atoms with van der Waals surface area (Å²) in [7, 11) is 0. The molecule has 2 N–H and O–H groups in total. The topological polar surface area (TPSA) is 48.4 Å².